The van der Waals surface area contributed by atoms with E-state index in [1.165, 1.54) is 6.07 Å². The first-order valence-corrected chi connectivity index (χ1v) is 10.8. The van der Waals surface area contributed by atoms with Gasteiger partial charge in [-0.05, 0) is 42.5 Å². The van der Waals surface area contributed by atoms with Crippen molar-refractivity contribution in [1.82, 2.24) is 14.8 Å². The van der Waals surface area contributed by atoms with E-state index in [4.69, 9.17) is 4.74 Å². The molecule has 1 N–H and O–H groups in total. The summed E-state index contributed by atoms with van der Waals surface area (Å²) in [4.78, 5) is 12.5. The first-order valence-electron chi connectivity index (χ1n) is 10.8. The summed E-state index contributed by atoms with van der Waals surface area (Å²) >= 11 is 0. The first-order chi connectivity index (χ1) is 15.7. The number of nitrogens with one attached hydrogen (secondary N) is 1. The normalized spacial score (nSPS) is 13.4. The molecule has 0 bridgehead atoms. The Bertz CT molecular complexity index is 1280. The number of hydrogen-bond donors (Lipinski definition) is 1. The SMILES string of the molecule is O=C(COc1cccc2ccccc12)Nc1cc(-c2nnc3n2CCCCC3)ccc1F. The van der Waals surface area contributed by atoms with Gasteiger partial charge in [-0.25, -0.2) is 4.39 Å². The molecule has 3 aromatic carbocycles. The van der Waals surface area contributed by atoms with Gasteiger partial charge in [-0.15, -0.1) is 10.2 Å². The van der Waals surface area contributed by atoms with E-state index in [0.717, 1.165) is 54.4 Å². The standard InChI is InChI=1S/C25H23FN4O2/c26-20-13-12-18(25-29-28-23-11-2-1-5-14-30(23)25)15-21(20)27-24(31)16-32-22-10-6-8-17-7-3-4-9-19(17)22/h3-4,6-10,12-13,15H,1-2,5,11,14,16H2,(H,27,31). The Kier molecular flexibility index (Phi) is 5.54. The number of carbonyl (C=O) groups is 1. The van der Waals surface area contributed by atoms with Gasteiger partial charge in [0, 0.05) is 23.9 Å². The van der Waals surface area contributed by atoms with Gasteiger partial charge in [-0.2, -0.15) is 0 Å². The zero-order valence-corrected chi connectivity index (χ0v) is 17.6. The average Bonchev–Trinajstić information content (AvgIpc) is 3.07. The summed E-state index contributed by atoms with van der Waals surface area (Å²) < 4.78 is 22.3. The third-order valence-corrected chi connectivity index (χ3v) is 5.72. The minimum atomic E-state index is -0.511. The largest absolute Gasteiger partial charge is 0.483 e. The predicted octanol–water partition coefficient (Wildman–Crippen LogP) is 4.98. The summed E-state index contributed by atoms with van der Waals surface area (Å²) in [6, 6.07) is 18.1. The number of halogens is 1. The predicted molar refractivity (Wildman–Crippen MR) is 121 cm³/mol. The average molecular weight is 430 g/mol. The quantitative estimate of drug-likeness (QED) is 0.485. The molecule has 0 fully saturated rings. The van der Waals surface area contributed by atoms with Crippen molar-refractivity contribution in [2.45, 2.75) is 32.2 Å². The lowest BCUT2D eigenvalue weighted by Crippen LogP contribution is -2.21. The number of aromatic nitrogens is 3. The van der Waals surface area contributed by atoms with Crippen LogP contribution in [0.5, 0.6) is 5.75 Å². The Morgan fingerprint density at radius 1 is 1.03 bits per heavy atom. The van der Waals surface area contributed by atoms with Gasteiger partial charge in [-0.3, -0.25) is 4.79 Å². The van der Waals surface area contributed by atoms with Crippen LogP contribution in [0.2, 0.25) is 0 Å². The van der Waals surface area contributed by atoms with Crippen molar-refractivity contribution in [3.8, 4) is 17.1 Å². The maximum atomic E-state index is 14.4. The molecule has 0 spiro atoms. The Morgan fingerprint density at radius 2 is 1.91 bits per heavy atom. The number of aryl methyl sites for hydroxylation is 1. The van der Waals surface area contributed by atoms with Crippen molar-refractivity contribution in [2.24, 2.45) is 0 Å². The number of rotatable bonds is 5. The van der Waals surface area contributed by atoms with Crippen molar-refractivity contribution in [1.29, 1.82) is 0 Å². The smallest absolute Gasteiger partial charge is 0.262 e. The topological polar surface area (TPSA) is 69.0 Å². The Hall–Kier alpha value is -3.74. The fraction of sp³-hybridized carbons (Fsp3) is 0.240. The highest BCUT2D eigenvalue weighted by Gasteiger charge is 2.18. The third-order valence-electron chi connectivity index (χ3n) is 5.72. The lowest BCUT2D eigenvalue weighted by atomic mass is 10.1. The van der Waals surface area contributed by atoms with E-state index in [2.05, 4.69) is 20.1 Å². The number of carbonyl (C=O) groups excluding carboxylic acids is 1. The molecule has 0 radical (unpaired) electrons. The highest BCUT2D eigenvalue weighted by Crippen LogP contribution is 2.27. The molecule has 6 nitrogen and oxygen atoms in total. The number of ether oxygens (including phenoxy) is 1. The lowest BCUT2D eigenvalue weighted by Gasteiger charge is -2.12. The summed E-state index contributed by atoms with van der Waals surface area (Å²) in [5, 5.41) is 13.2. The van der Waals surface area contributed by atoms with Gasteiger partial charge >= 0.3 is 0 Å². The molecular formula is C25H23FN4O2. The Labute approximate surface area is 185 Å². The van der Waals surface area contributed by atoms with E-state index in [9.17, 15) is 9.18 Å². The number of nitrogens with zero attached hydrogens (tertiary/aromatic N) is 3. The number of fused-ring (bicyclic) bond motifs is 2. The molecule has 5 rings (SSSR count). The van der Waals surface area contributed by atoms with Crippen LogP contribution in [0.3, 0.4) is 0 Å². The van der Waals surface area contributed by atoms with Gasteiger partial charge in [-0.1, -0.05) is 42.8 Å². The van der Waals surface area contributed by atoms with Gasteiger partial charge in [0.25, 0.3) is 5.91 Å². The van der Waals surface area contributed by atoms with Crippen LogP contribution < -0.4 is 10.1 Å². The van der Waals surface area contributed by atoms with Gasteiger partial charge in [0.2, 0.25) is 0 Å². The van der Waals surface area contributed by atoms with Crippen LogP contribution >= 0.6 is 0 Å². The molecule has 1 amide bonds. The number of hydrogen-bond acceptors (Lipinski definition) is 4. The summed E-state index contributed by atoms with van der Waals surface area (Å²) in [6.07, 6.45) is 4.21. The van der Waals surface area contributed by atoms with Crippen LogP contribution in [0.25, 0.3) is 22.2 Å². The molecule has 4 aromatic rings. The maximum Gasteiger partial charge on any atom is 0.262 e. The van der Waals surface area contributed by atoms with Crippen molar-refractivity contribution in [2.75, 3.05) is 11.9 Å². The lowest BCUT2D eigenvalue weighted by molar-refractivity contribution is -0.118. The first kappa shape index (κ1) is 20.2. The second kappa shape index (κ2) is 8.78. The van der Waals surface area contributed by atoms with E-state index < -0.39 is 11.7 Å². The summed E-state index contributed by atoms with van der Waals surface area (Å²) in [6.45, 7) is 0.619. The molecule has 1 aliphatic heterocycles. The Balaban J connectivity index is 1.32. The van der Waals surface area contributed by atoms with Crippen molar-refractivity contribution in [3.05, 3.63) is 72.3 Å². The molecule has 0 aliphatic carbocycles. The number of benzene rings is 3. The molecule has 0 atom stereocenters. The molecular weight excluding hydrogens is 407 g/mol. The van der Waals surface area contributed by atoms with E-state index >= 15 is 0 Å². The molecule has 0 unspecified atom stereocenters. The van der Waals surface area contributed by atoms with E-state index in [1.54, 1.807) is 12.1 Å². The molecule has 0 saturated heterocycles. The van der Waals surface area contributed by atoms with Crippen LogP contribution in [0.1, 0.15) is 25.1 Å². The number of amides is 1. The number of anilines is 1. The zero-order valence-electron chi connectivity index (χ0n) is 17.6. The van der Waals surface area contributed by atoms with Crippen LogP contribution in [-0.4, -0.2) is 27.3 Å². The van der Waals surface area contributed by atoms with Crippen molar-refractivity contribution >= 4 is 22.4 Å². The van der Waals surface area contributed by atoms with Gasteiger partial charge in [0.15, 0.2) is 12.4 Å². The Morgan fingerprint density at radius 3 is 2.84 bits per heavy atom. The van der Waals surface area contributed by atoms with Crippen molar-refractivity contribution in [3.63, 3.8) is 0 Å². The van der Waals surface area contributed by atoms with Crippen molar-refractivity contribution < 1.29 is 13.9 Å². The van der Waals surface area contributed by atoms with E-state index in [-0.39, 0.29) is 12.3 Å². The molecule has 1 aromatic heterocycles. The maximum absolute atomic E-state index is 14.4. The summed E-state index contributed by atoms with van der Waals surface area (Å²) in [5.41, 5.74) is 0.817. The second-order valence-electron chi connectivity index (χ2n) is 7.91. The van der Waals surface area contributed by atoms with Gasteiger partial charge in [0.05, 0.1) is 5.69 Å². The molecule has 162 valence electrons. The van der Waals surface area contributed by atoms with E-state index in [0.29, 0.717) is 11.6 Å². The monoisotopic (exact) mass is 430 g/mol. The van der Waals surface area contributed by atoms with Gasteiger partial charge in [0.1, 0.15) is 17.4 Å². The fourth-order valence-electron chi connectivity index (χ4n) is 4.11. The van der Waals surface area contributed by atoms with Crippen LogP contribution in [-0.2, 0) is 17.8 Å². The molecule has 32 heavy (non-hydrogen) atoms. The van der Waals surface area contributed by atoms with Crippen LogP contribution in [0.4, 0.5) is 10.1 Å². The molecule has 2 heterocycles. The highest BCUT2D eigenvalue weighted by atomic mass is 19.1. The third kappa shape index (κ3) is 4.06. The molecule has 0 saturated carbocycles. The minimum Gasteiger partial charge on any atom is -0.483 e. The fourth-order valence-corrected chi connectivity index (χ4v) is 4.11. The van der Waals surface area contributed by atoms with Gasteiger partial charge < -0.3 is 14.6 Å². The summed E-state index contributed by atoms with van der Waals surface area (Å²) in [5.74, 6) is 1.32. The molecule has 7 heteroatoms. The van der Waals surface area contributed by atoms with Crippen LogP contribution in [0.15, 0.2) is 60.7 Å². The second-order valence-corrected chi connectivity index (χ2v) is 7.91. The van der Waals surface area contributed by atoms with E-state index in [1.807, 2.05) is 42.5 Å². The zero-order chi connectivity index (χ0) is 21.9. The highest BCUT2D eigenvalue weighted by molar-refractivity contribution is 5.93. The molecule has 1 aliphatic rings. The summed E-state index contributed by atoms with van der Waals surface area (Å²) in [7, 11) is 0. The minimum absolute atomic E-state index is 0.0972. The van der Waals surface area contributed by atoms with Crippen LogP contribution in [0, 0.1) is 5.82 Å².